The summed E-state index contributed by atoms with van der Waals surface area (Å²) in [5.74, 6) is 0.258. The molecule has 4 rings (SSSR count). The van der Waals surface area contributed by atoms with Gasteiger partial charge in [0, 0.05) is 49.7 Å². The van der Waals surface area contributed by atoms with Gasteiger partial charge in [0.25, 0.3) is 0 Å². The Labute approximate surface area is 207 Å². The molecule has 2 fully saturated rings. The van der Waals surface area contributed by atoms with Crippen LogP contribution < -0.4 is 0 Å². The van der Waals surface area contributed by atoms with E-state index in [1.165, 1.54) is 23.8 Å². The number of nitrogens with zero attached hydrogens (tertiary/aromatic N) is 4. The van der Waals surface area contributed by atoms with Crippen molar-refractivity contribution in [1.29, 1.82) is 0 Å². The first-order valence-electron chi connectivity index (χ1n) is 12.7. The highest BCUT2D eigenvalue weighted by Gasteiger charge is 2.27. The van der Waals surface area contributed by atoms with E-state index in [4.69, 9.17) is 9.47 Å². The summed E-state index contributed by atoms with van der Waals surface area (Å²) < 4.78 is 10.3. The fourth-order valence-corrected chi connectivity index (χ4v) is 4.94. The average Bonchev–Trinajstić information content (AvgIpc) is 3.25. The monoisotopic (exact) mass is 485 g/mol. The second-order valence-electron chi connectivity index (χ2n) is 10.7. The van der Waals surface area contributed by atoms with Gasteiger partial charge in [-0.3, -0.25) is 19.7 Å². The van der Waals surface area contributed by atoms with Gasteiger partial charge in [0.05, 0.1) is 19.2 Å². The molecule has 0 saturated carbocycles. The maximum absolute atomic E-state index is 12.3. The minimum Gasteiger partial charge on any atom is -0.468 e. The Morgan fingerprint density at radius 3 is 2.43 bits per heavy atom. The molecule has 0 bridgehead atoms. The van der Waals surface area contributed by atoms with Crippen LogP contribution in [0.1, 0.15) is 50.8 Å². The SMILES string of the molecule is COC(=O)CN1CCC(c2[nH]nc3cc(CCN4CCN(C(=O)OC(C)(C)C)CC4)ccc23)CC1. The van der Waals surface area contributed by atoms with E-state index in [2.05, 4.69) is 38.2 Å². The molecule has 2 aromatic rings. The lowest BCUT2D eigenvalue weighted by Crippen LogP contribution is -2.50. The molecule has 2 saturated heterocycles. The number of methoxy groups -OCH3 is 1. The molecule has 3 heterocycles. The van der Waals surface area contributed by atoms with E-state index in [1.807, 2.05) is 20.8 Å². The summed E-state index contributed by atoms with van der Waals surface area (Å²) >= 11 is 0. The zero-order valence-electron chi connectivity index (χ0n) is 21.5. The lowest BCUT2D eigenvalue weighted by molar-refractivity contribution is -0.142. The number of piperazine rings is 1. The molecule has 0 radical (unpaired) electrons. The van der Waals surface area contributed by atoms with Gasteiger partial charge in [0.15, 0.2) is 0 Å². The van der Waals surface area contributed by atoms with Crippen molar-refractivity contribution in [2.45, 2.75) is 51.6 Å². The highest BCUT2D eigenvalue weighted by Crippen LogP contribution is 2.32. The van der Waals surface area contributed by atoms with Crippen LogP contribution in [0.15, 0.2) is 18.2 Å². The van der Waals surface area contributed by atoms with Crippen LogP contribution in [0, 0.1) is 0 Å². The molecule has 1 aromatic heterocycles. The van der Waals surface area contributed by atoms with Crippen molar-refractivity contribution >= 4 is 23.0 Å². The number of aromatic amines is 1. The average molecular weight is 486 g/mol. The summed E-state index contributed by atoms with van der Waals surface area (Å²) in [6, 6.07) is 6.61. The molecule has 1 aromatic carbocycles. The van der Waals surface area contributed by atoms with Crippen LogP contribution in [0.25, 0.3) is 10.9 Å². The maximum atomic E-state index is 12.3. The van der Waals surface area contributed by atoms with Crippen molar-refractivity contribution in [3.8, 4) is 0 Å². The van der Waals surface area contributed by atoms with E-state index < -0.39 is 5.60 Å². The number of amides is 1. The normalized spacial score (nSPS) is 18.7. The number of hydrogen-bond donors (Lipinski definition) is 1. The Morgan fingerprint density at radius 1 is 1.06 bits per heavy atom. The number of ether oxygens (including phenoxy) is 2. The van der Waals surface area contributed by atoms with E-state index in [-0.39, 0.29) is 12.1 Å². The Kier molecular flexibility index (Phi) is 7.96. The minimum atomic E-state index is -0.458. The maximum Gasteiger partial charge on any atom is 0.410 e. The Morgan fingerprint density at radius 2 is 1.77 bits per heavy atom. The summed E-state index contributed by atoms with van der Waals surface area (Å²) in [6.07, 6.45) is 2.75. The Hall–Kier alpha value is -2.65. The number of benzene rings is 1. The number of rotatable bonds is 6. The standard InChI is InChI=1S/C26H39N5O4/c1-26(2,3)35-25(33)31-15-13-29(14-16-31)10-7-19-5-6-21-22(17-19)27-28-24(21)20-8-11-30(12-9-20)18-23(32)34-4/h5-6,17,20H,7-16,18H2,1-4H3,(H,27,28). The van der Waals surface area contributed by atoms with Crippen LogP contribution in [0.5, 0.6) is 0 Å². The van der Waals surface area contributed by atoms with Crippen LogP contribution in [-0.2, 0) is 20.7 Å². The summed E-state index contributed by atoms with van der Waals surface area (Å²) in [6.45, 7) is 11.9. The van der Waals surface area contributed by atoms with Crippen molar-refractivity contribution < 1.29 is 19.1 Å². The number of carbonyl (C=O) groups excluding carboxylic acids is 2. The van der Waals surface area contributed by atoms with Crippen LogP contribution in [0.4, 0.5) is 4.79 Å². The molecule has 0 atom stereocenters. The molecule has 192 valence electrons. The van der Waals surface area contributed by atoms with E-state index in [0.717, 1.165) is 57.5 Å². The zero-order chi connectivity index (χ0) is 25.0. The van der Waals surface area contributed by atoms with Gasteiger partial charge >= 0.3 is 12.1 Å². The number of fused-ring (bicyclic) bond motifs is 1. The van der Waals surface area contributed by atoms with Gasteiger partial charge in [-0.1, -0.05) is 12.1 Å². The van der Waals surface area contributed by atoms with E-state index in [9.17, 15) is 9.59 Å². The predicted octanol–water partition coefficient (Wildman–Crippen LogP) is 3.01. The van der Waals surface area contributed by atoms with Crippen LogP contribution in [-0.4, -0.2) is 102 Å². The molecule has 0 unspecified atom stereocenters. The fraction of sp³-hybridized carbons (Fsp3) is 0.654. The van der Waals surface area contributed by atoms with Crippen LogP contribution in [0.3, 0.4) is 0 Å². The lowest BCUT2D eigenvalue weighted by Gasteiger charge is -2.35. The van der Waals surface area contributed by atoms with Gasteiger partial charge in [0.2, 0.25) is 0 Å². The van der Waals surface area contributed by atoms with Crippen molar-refractivity contribution in [2.24, 2.45) is 0 Å². The van der Waals surface area contributed by atoms with Crippen LogP contribution in [0.2, 0.25) is 0 Å². The van der Waals surface area contributed by atoms with Gasteiger partial charge in [-0.15, -0.1) is 0 Å². The quantitative estimate of drug-likeness (QED) is 0.629. The molecule has 0 aliphatic carbocycles. The summed E-state index contributed by atoms with van der Waals surface area (Å²) in [5, 5.41) is 9.10. The molecule has 35 heavy (non-hydrogen) atoms. The van der Waals surface area contributed by atoms with Gasteiger partial charge in [-0.25, -0.2) is 4.79 Å². The van der Waals surface area contributed by atoms with Gasteiger partial charge in [0.1, 0.15) is 5.60 Å². The molecular formula is C26H39N5O4. The third kappa shape index (κ3) is 6.73. The zero-order valence-corrected chi connectivity index (χ0v) is 21.5. The number of hydrogen-bond acceptors (Lipinski definition) is 7. The van der Waals surface area contributed by atoms with Gasteiger partial charge < -0.3 is 14.4 Å². The molecule has 1 amide bonds. The largest absolute Gasteiger partial charge is 0.468 e. The summed E-state index contributed by atoms with van der Waals surface area (Å²) in [7, 11) is 1.44. The molecule has 9 nitrogen and oxygen atoms in total. The molecular weight excluding hydrogens is 446 g/mol. The number of carbonyl (C=O) groups is 2. The van der Waals surface area contributed by atoms with Crippen molar-refractivity contribution in [3.63, 3.8) is 0 Å². The van der Waals surface area contributed by atoms with Gasteiger partial charge in [-0.2, -0.15) is 5.10 Å². The Bertz CT molecular complexity index is 1010. The third-order valence-corrected chi connectivity index (χ3v) is 6.97. The molecule has 0 spiro atoms. The highest BCUT2D eigenvalue weighted by molar-refractivity contribution is 5.82. The second-order valence-corrected chi connectivity index (χ2v) is 10.7. The smallest absolute Gasteiger partial charge is 0.410 e. The lowest BCUT2D eigenvalue weighted by atomic mass is 9.91. The Balaban J connectivity index is 1.26. The molecule has 9 heteroatoms. The molecule has 2 aliphatic heterocycles. The number of aromatic nitrogens is 2. The number of likely N-dealkylation sites (tertiary alicyclic amines) is 1. The van der Waals surface area contributed by atoms with Crippen LogP contribution >= 0.6 is 0 Å². The van der Waals surface area contributed by atoms with Crippen molar-refractivity contribution in [2.75, 3.05) is 59.5 Å². The first kappa shape index (κ1) is 25.4. The summed E-state index contributed by atoms with van der Waals surface area (Å²) in [4.78, 5) is 30.2. The van der Waals surface area contributed by atoms with Crippen molar-refractivity contribution in [3.05, 3.63) is 29.5 Å². The first-order chi connectivity index (χ1) is 16.7. The van der Waals surface area contributed by atoms with E-state index in [0.29, 0.717) is 25.6 Å². The topological polar surface area (TPSA) is 91.0 Å². The number of piperidine rings is 1. The number of H-pyrrole nitrogens is 1. The second kappa shape index (κ2) is 11.0. The third-order valence-electron chi connectivity index (χ3n) is 6.97. The summed E-state index contributed by atoms with van der Waals surface area (Å²) in [5.41, 5.74) is 3.05. The highest BCUT2D eigenvalue weighted by atomic mass is 16.6. The number of nitrogens with one attached hydrogen (secondary N) is 1. The van der Waals surface area contributed by atoms with E-state index in [1.54, 1.807) is 4.90 Å². The minimum absolute atomic E-state index is 0.173. The van der Waals surface area contributed by atoms with Crippen molar-refractivity contribution in [1.82, 2.24) is 24.9 Å². The number of esters is 1. The van der Waals surface area contributed by atoms with E-state index >= 15 is 0 Å². The fourth-order valence-electron chi connectivity index (χ4n) is 4.94. The molecule has 2 aliphatic rings. The van der Waals surface area contributed by atoms with Gasteiger partial charge in [-0.05, 0) is 64.8 Å². The predicted molar refractivity (Wildman–Crippen MR) is 134 cm³/mol. The molecule has 1 N–H and O–H groups in total. The first-order valence-corrected chi connectivity index (χ1v) is 12.7.